The number of carbonyl (C=O) groups is 1. The molecule has 1 saturated heterocycles. The van der Waals surface area contributed by atoms with Gasteiger partial charge in [-0.1, -0.05) is 0 Å². The van der Waals surface area contributed by atoms with E-state index in [0.29, 0.717) is 32.4 Å². The summed E-state index contributed by atoms with van der Waals surface area (Å²) in [5, 5.41) is 8.65. The lowest BCUT2D eigenvalue weighted by Crippen LogP contribution is -2.36. The van der Waals surface area contributed by atoms with Crippen molar-refractivity contribution in [3.05, 3.63) is 29.3 Å². The van der Waals surface area contributed by atoms with Gasteiger partial charge in [0.05, 0.1) is 24.5 Å². The van der Waals surface area contributed by atoms with Gasteiger partial charge in [0.25, 0.3) is 0 Å². The predicted octanol–water partition coefficient (Wildman–Crippen LogP) is 1.50. The number of carboxylic acids is 1. The Labute approximate surface area is 96.4 Å². The highest BCUT2D eigenvalue weighted by Gasteiger charge is 2.20. The van der Waals surface area contributed by atoms with E-state index in [2.05, 4.69) is 0 Å². The number of hydrogen-bond acceptors (Lipinski definition) is 3. The van der Waals surface area contributed by atoms with Gasteiger partial charge in [0.15, 0.2) is 0 Å². The molecule has 4 nitrogen and oxygen atoms in total. The second-order valence-corrected chi connectivity index (χ2v) is 3.69. The van der Waals surface area contributed by atoms with Crippen molar-refractivity contribution >= 4 is 11.7 Å². The monoisotopic (exact) mass is 243 g/mol. The van der Waals surface area contributed by atoms with Gasteiger partial charge in [0, 0.05) is 19.2 Å². The normalized spacial score (nSPS) is 16.0. The quantitative estimate of drug-likeness (QED) is 0.855. The maximum Gasteiger partial charge on any atom is 0.338 e. The van der Waals surface area contributed by atoms with Gasteiger partial charge in [-0.25, -0.2) is 13.6 Å². The van der Waals surface area contributed by atoms with E-state index in [4.69, 9.17) is 9.84 Å². The maximum atomic E-state index is 13.7. The average Bonchev–Trinajstić information content (AvgIpc) is 2.32. The number of hydrogen-bond donors (Lipinski definition) is 1. The highest BCUT2D eigenvalue weighted by Crippen LogP contribution is 2.24. The Morgan fingerprint density at radius 2 is 1.88 bits per heavy atom. The summed E-state index contributed by atoms with van der Waals surface area (Å²) in [5.41, 5.74) is -0.574. The number of benzene rings is 1. The van der Waals surface area contributed by atoms with E-state index < -0.39 is 23.2 Å². The van der Waals surface area contributed by atoms with Crippen molar-refractivity contribution in [3.8, 4) is 0 Å². The first-order valence-corrected chi connectivity index (χ1v) is 5.14. The van der Waals surface area contributed by atoms with Crippen LogP contribution >= 0.6 is 0 Å². The lowest BCUT2D eigenvalue weighted by atomic mass is 10.1. The molecule has 0 saturated carbocycles. The van der Waals surface area contributed by atoms with Crippen LogP contribution < -0.4 is 4.90 Å². The third kappa shape index (κ3) is 2.36. The van der Waals surface area contributed by atoms with Gasteiger partial charge in [-0.05, 0) is 6.07 Å². The topological polar surface area (TPSA) is 49.8 Å². The number of aromatic carboxylic acids is 1. The Balaban J connectivity index is 2.35. The van der Waals surface area contributed by atoms with Gasteiger partial charge >= 0.3 is 5.97 Å². The van der Waals surface area contributed by atoms with Crippen LogP contribution in [0.5, 0.6) is 0 Å². The van der Waals surface area contributed by atoms with Gasteiger partial charge in [-0.2, -0.15) is 0 Å². The lowest BCUT2D eigenvalue weighted by molar-refractivity contribution is 0.0691. The van der Waals surface area contributed by atoms with Gasteiger partial charge in [-0.15, -0.1) is 0 Å². The number of carboxylic acid groups (broad SMARTS) is 1. The van der Waals surface area contributed by atoms with Crippen LogP contribution in [0.1, 0.15) is 10.4 Å². The first kappa shape index (κ1) is 11.8. The fraction of sp³-hybridized carbons (Fsp3) is 0.364. The van der Waals surface area contributed by atoms with E-state index in [1.165, 1.54) is 0 Å². The fourth-order valence-corrected chi connectivity index (χ4v) is 1.75. The Bertz CT molecular complexity index is 445. The molecule has 0 bridgehead atoms. The number of morpholine rings is 1. The standard InChI is InChI=1S/C11H11F2NO3/c12-8-6-10(14-1-3-17-4-2-14)9(13)5-7(8)11(15)16/h5-6H,1-4H2,(H,15,16). The summed E-state index contributed by atoms with van der Waals surface area (Å²) >= 11 is 0. The molecule has 1 N–H and O–H groups in total. The van der Waals surface area contributed by atoms with Crippen molar-refractivity contribution in [2.45, 2.75) is 0 Å². The zero-order valence-electron chi connectivity index (χ0n) is 8.95. The summed E-state index contributed by atoms with van der Waals surface area (Å²) in [4.78, 5) is 12.3. The summed E-state index contributed by atoms with van der Waals surface area (Å²) in [6.45, 7) is 1.81. The highest BCUT2D eigenvalue weighted by molar-refractivity contribution is 5.88. The predicted molar refractivity (Wildman–Crippen MR) is 56.3 cm³/mol. The Morgan fingerprint density at radius 3 is 2.47 bits per heavy atom. The molecule has 0 unspecified atom stereocenters. The van der Waals surface area contributed by atoms with E-state index in [0.717, 1.165) is 6.07 Å². The largest absolute Gasteiger partial charge is 0.478 e. The van der Waals surface area contributed by atoms with Crippen molar-refractivity contribution in [3.63, 3.8) is 0 Å². The smallest absolute Gasteiger partial charge is 0.338 e. The minimum absolute atomic E-state index is 0.0794. The second kappa shape index (κ2) is 4.67. The van der Waals surface area contributed by atoms with Gasteiger partial charge in [0.1, 0.15) is 11.6 Å². The Hall–Kier alpha value is -1.69. The molecule has 2 rings (SSSR count). The molecule has 92 valence electrons. The summed E-state index contributed by atoms with van der Waals surface area (Å²) in [7, 11) is 0. The third-order valence-corrected chi connectivity index (χ3v) is 2.62. The molecular weight excluding hydrogens is 232 g/mol. The molecule has 1 aromatic carbocycles. The van der Waals surface area contributed by atoms with Crippen LogP contribution in [0.25, 0.3) is 0 Å². The number of halogens is 2. The molecular formula is C11H11F2NO3. The van der Waals surface area contributed by atoms with Crippen molar-refractivity contribution in [2.75, 3.05) is 31.2 Å². The Morgan fingerprint density at radius 1 is 1.24 bits per heavy atom. The zero-order chi connectivity index (χ0) is 12.4. The minimum Gasteiger partial charge on any atom is -0.478 e. The third-order valence-electron chi connectivity index (χ3n) is 2.62. The molecule has 0 spiro atoms. The van der Waals surface area contributed by atoms with Crippen molar-refractivity contribution in [1.82, 2.24) is 0 Å². The van der Waals surface area contributed by atoms with Crippen LogP contribution in [0.4, 0.5) is 14.5 Å². The summed E-state index contributed by atoms with van der Waals surface area (Å²) in [6, 6.07) is 1.63. The molecule has 1 aliphatic heterocycles. The van der Waals surface area contributed by atoms with Crippen molar-refractivity contribution in [2.24, 2.45) is 0 Å². The van der Waals surface area contributed by atoms with E-state index in [1.807, 2.05) is 0 Å². The lowest BCUT2D eigenvalue weighted by Gasteiger charge is -2.29. The number of anilines is 1. The fourth-order valence-electron chi connectivity index (χ4n) is 1.75. The summed E-state index contributed by atoms with van der Waals surface area (Å²) in [6.07, 6.45) is 0. The van der Waals surface area contributed by atoms with E-state index in [-0.39, 0.29) is 5.69 Å². The minimum atomic E-state index is -1.48. The van der Waals surface area contributed by atoms with Crippen LogP contribution in [-0.2, 0) is 4.74 Å². The van der Waals surface area contributed by atoms with Crippen LogP contribution in [0.15, 0.2) is 12.1 Å². The van der Waals surface area contributed by atoms with Crippen LogP contribution in [0, 0.1) is 11.6 Å². The van der Waals surface area contributed by atoms with Crippen molar-refractivity contribution in [1.29, 1.82) is 0 Å². The highest BCUT2D eigenvalue weighted by atomic mass is 19.1. The molecule has 0 amide bonds. The molecule has 17 heavy (non-hydrogen) atoms. The SMILES string of the molecule is O=C(O)c1cc(F)c(N2CCOCC2)cc1F. The van der Waals surface area contributed by atoms with E-state index in [1.54, 1.807) is 4.90 Å². The van der Waals surface area contributed by atoms with Gasteiger partial charge in [0.2, 0.25) is 0 Å². The molecule has 6 heteroatoms. The first-order valence-electron chi connectivity index (χ1n) is 5.14. The molecule has 0 aromatic heterocycles. The van der Waals surface area contributed by atoms with Crippen LogP contribution in [0.2, 0.25) is 0 Å². The van der Waals surface area contributed by atoms with Gasteiger partial charge < -0.3 is 14.7 Å². The van der Waals surface area contributed by atoms with Crippen molar-refractivity contribution < 1.29 is 23.4 Å². The van der Waals surface area contributed by atoms with E-state index in [9.17, 15) is 13.6 Å². The molecule has 0 atom stereocenters. The maximum absolute atomic E-state index is 13.7. The molecule has 0 aliphatic carbocycles. The molecule has 1 aliphatic rings. The summed E-state index contributed by atoms with van der Waals surface area (Å²) in [5.74, 6) is -3.14. The first-order chi connectivity index (χ1) is 8.09. The Kier molecular flexibility index (Phi) is 3.23. The molecule has 0 radical (unpaired) electrons. The number of rotatable bonds is 2. The van der Waals surface area contributed by atoms with Crippen LogP contribution in [-0.4, -0.2) is 37.4 Å². The van der Waals surface area contributed by atoms with Crippen LogP contribution in [0.3, 0.4) is 0 Å². The zero-order valence-corrected chi connectivity index (χ0v) is 8.95. The number of ether oxygens (including phenoxy) is 1. The van der Waals surface area contributed by atoms with E-state index >= 15 is 0 Å². The summed E-state index contributed by atoms with van der Waals surface area (Å²) < 4.78 is 32.2. The second-order valence-electron chi connectivity index (χ2n) is 3.69. The number of nitrogens with zero attached hydrogens (tertiary/aromatic N) is 1. The average molecular weight is 243 g/mol. The molecule has 1 heterocycles. The molecule has 1 fully saturated rings. The van der Waals surface area contributed by atoms with Gasteiger partial charge in [-0.3, -0.25) is 0 Å². The molecule has 1 aromatic rings.